The molecular weight excluding hydrogens is 684 g/mol. The van der Waals surface area contributed by atoms with Gasteiger partial charge in [0.05, 0.1) is 6.61 Å². The number of anilines is 1. The van der Waals surface area contributed by atoms with E-state index in [0.29, 0.717) is 0 Å². The van der Waals surface area contributed by atoms with Crippen LogP contribution in [-0.2, 0) is 42.5 Å². The highest BCUT2D eigenvalue weighted by atomic mass is 16.5. The van der Waals surface area contributed by atoms with E-state index in [9.17, 15) is 24.0 Å². The fourth-order valence-corrected chi connectivity index (χ4v) is 5.97. The van der Waals surface area contributed by atoms with Gasteiger partial charge in [-0.2, -0.15) is 0 Å². The molecule has 0 saturated heterocycles. The maximum absolute atomic E-state index is 14.0. The van der Waals surface area contributed by atoms with E-state index < -0.39 is 41.7 Å². The highest BCUT2D eigenvalue weighted by Crippen LogP contribution is 2.37. The Labute approximate surface area is 313 Å². The second-order valence-electron chi connectivity index (χ2n) is 12.3. The van der Waals surface area contributed by atoms with Gasteiger partial charge in [-0.25, -0.2) is 9.59 Å². The smallest absolute Gasteiger partial charge is 0.412 e. The number of nitrogens with one attached hydrogen (secondary N) is 3. The first-order valence-electron chi connectivity index (χ1n) is 17.6. The first-order chi connectivity index (χ1) is 26.3. The van der Waals surface area contributed by atoms with Crippen molar-refractivity contribution in [3.05, 3.63) is 184 Å². The summed E-state index contributed by atoms with van der Waals surface area (Å²) in [5.74, 6) is -1.47. The lowest BCUT2D eigenvalue weighted by atomic mass is 9.77. The quantitative estimate of drug-likeness (QED) is 0.0634. The summed E-state index contributed by atoms with van der Waals surface area (Å²) in [7, 11) is 0. The maximum atomic E-state index is 14.0. The number of aromatic nitrogens is 1. The molecule has 54 heavy (non-hydrogen) atoms. The number of nitrogens with zero attached hydrogens (tertiary/aromatic N) is 1. The van der Waals surface area contributed by atoms with Gasteiger partial charge in [0.25, 0.3) is 5.56 Å². The molecule has 0 fully saturated rings. The van der Waals surface area contributed by atoms with E-state index >= 15 is 0 Å². The van der Waals surface area contributed by atoms with Crippen molar-refractivity contribution in [1.29, 1.82) is 0 Å². The second kappa shape index (κ2) is 19.2. The molecule has 3 amide bonds. The topological polar surface area (TPSA) is 145 Å². The molecule has 0 aliphatic rings. The van der Waals surface area contributed by atoms with Crippen molar-refractivity contribution in [3.63, 3.8) is 0 Å². The van der Waals surface area contributed by atoms with E-state index in [4.69, 9.17) is 9.47 Å². The Morgan fingerprint density at radius 1 is 0.722 bits per heavy atom. The number of hydrogen-bond acceptors (Lipinski definition) is 7. The Hall–Kier alpha value is -6.75. The molecule has 0 unspecified atom stereocenters. The van der Waals surface area contributed by atoms with E-state index in [-0.39, 0.29) is 37.6 Å². The zero-order valence-electron chi connectivity index (χ0n) is 29.9. The normalized spacial score (nSPS) is 11.6. The molecule has 1 aromatic heterocycles. The average molecular weight is 727 g/mol. The first kappa shape index (κ1) is 38.5. The van der Waals surface area contributed by atoms with Gasteiger partial charge >= 0.3 is 12.1 Å². The van der Waals surface area contributed by atoms with Crippen LogP contribution in [0.25, 0.3) is 0 Å². The average Bonchev–Trinajstić information content (AvgIpc) is 3.20. The van der Waals surface area contributed by atoms with Crippen LogP contribution in [0.2, 0.25) is 0 Å². The fraction of sp³-hybridized carbons (Fsp3) is 0.186. The van der Waals surface area contributed by atoms with Crippen LogP contribution in [0.4, 0.5) is 10.5 Å². The predicted molar refractivity (Wildman–Crippen MR) is 205 cm³/mol. The molecule has 0 saturated carbocycles. The lowest BCUT2D eigenvalue weighted by Crippen LogP contribution is -2.48. The number of benzene rings is 4. The molecule has 0 radical (unpaired) electrons. The maximum Gasteiger partial charge on any atom is 0.412 e. The molecule has 0 spiro atoms. The molecule has 3 N–H and O–H groups in total. The minimum atomic E-state index is -1.03. The standard InChI is InChI=1S/C43H42N4O7/c1-2-53-40(50)28-26-36(44-39(49)30-47-29-15-24-37(41(47)51)45-42(52)54-31-32-16-7-3-8-17-32)25-27-38(48)46-43(33-18-9-4-10-19-33,34-20-11-5-12-21-34)35-22-13-6-14-23-35/h3-24,26,28-29,36H,2,25,27,30-31H2,1H3,(H,44,49)(H,45,52)(H,46,48)/b28-26+/t36-/m0/s1. The zero-order chi connectivity index (χ0) is 38.2. The van der Waals surface area contributed by atoms with Gasteiger partial charge in [-0.3, -0.25) is 19.7 Å². The fourth-order valence-electron chi connectivity index (χ4n) is 5.97. The molecule has 11 nitrogen and oxygen atoms in total. The summed E-state index contributed by atoms with van der Waals surface area (Å²) in [6, 6.07) is 40.3. The van der Waals surface area contributed by atoms with Crippen molar-refractivity contribution in [1.82, 2.24) is 15.2 Å². The number of amides is 3. The molecule has 1 atom stereocenters. The van der Waals surface area contributed by atoms with Crippen molar-refractivity contribution in [2.75, 3.05) is 11.9 Å². The van der Waals surface area contributed by atoms with Crippen LogP contribution in [0.15, 0.2) is 157 Å². The third-order valence-electron chi connectivity index (χ3n) is 8.51. The van der Waals surface area contributed by atoms with Crippen molar-refractivity contribution in [2.24, 2.45) is 0 Å². The van der Waals surface area contributed by atoms with Gasteiger partial charge in [0.15, 0.2) is 0 Å². The summed E-state index contributed by atoms with van der Waals surface area (Å²) in [5.41, 5.74) is 1.62. The summed E-state index contributed by atoms with van der Waals surface area (Å²) < 4.78 is 11.4. The van der Waals surface area contributed by atoms with Gasteiger partial charge in [0.2, 0.25) is 11.8 Å². The Kier molecular flexibility index (Phi) is 13.7. The number of esters is 1. The van der Waals surface area contributed by atoms with Crippen LogP contribution in [0.5, 0.6) is 0 Å². The highest BCUT2D eigenvalue weighted by Gasteiger charge is 2.37. The first-order valence-corrected chi connectivity index (χ1v) is 17.6. The monoisotopic (exact) mass is 726 g/mol. The number of pyridine rings is 1. The molecular formula is C43H42N4O7. The third kappa shape index (κ3) is 10.4. The van der Waals surface area contributed by atoms with E-state index in [0.717, 1.165) is 26.8 Å². The molecule has 4 aromatic carbocycles. The Morgan fingerprint density at radius 2 is 1.28 bits per heavy atom. The minimum Gasteiger partial charge on any atom is -0.463 e. The SMILES string of the molecule is CCOC(=O)/C=C/[C@H](CCC(=O)NC(c1ccccc1)(c1ccccc1)c1ccccc1)NC(=O)Cn1cccc(NC(=O)OCc2ccccc2)c1=O. The number of carbonyl (C=O) groups is 4. The van der Waals surface area contributed by atoms with Crippen molar-refractivity contribution >= 4 is 29.6 Å². The lowest BCUT2D eigenvalue weighted by molar-refractivity contribution is -0.137. The van der Waals surface area contributed by atoms with Gasteiger partial charge in [-0.1, -0.05) is 127 Å². The molecule has 5 aromatic rings. The van der Waals surface area contributed by atoms with Gasteiger partial charge in [-0.15, -0.1) is 0 Å². The summed E-state index contributed by atoms with van der Waals surface area (Å²) >= 11 is 0. The van der Waals surface area contributed by atoms with Gasteiger partial charge in [0, 0.05) is 24.7 Å². The molecule has 0 aliphatic heterocycles. The van der Waals surface area contributed by atoms with E-state index in [1.807, 2.05) is 109 Å². The van der Waals surface area contributed by atoms with Crippen LogP contribution in [0.3, 0.4) is 0 Å². The van der Waals surface area contributed by atoms with E-state index in [1.165, 1.54) is 30.5 Å². The van der Waals surface area contributed by atoms with Crippen molar-refractivity contribution in [3.8, 4) is 0 Å². The van der Waals surface area contributed by atoms with Gasteiger partial charge < -0.3 is 24.7 Å². The van der Waals surface area contributed by atoms with E-state index in [1.54, 1.807) is 19.1 Å². The molecule has 0 aliphatic carbocycles. The zero-order valence-corrected chi connectivity index (χ0v) is 29.9. The van der Waals surface area contributed by atoms with Crippen LogP contribution in [-0.4, -0.2) is 41.1 Å². The molecule has 276 valence electrons. The van der Waals surface area contributed by atoms with Crippen molar-refractivity contribution < 1.29 is 28.7 Å². The number of hydrogen-bond donors (Lipinski definition) is 3. The summed E-state index contributed by atoms with van der Waals surface area (Å²) in [5, 5.41) is 8.55. The van der Waals surface area contributed by atoms with Crippen LogP contribution < -0.4 is 21.5 Å². The number of ether oxygens (including phenoxy) is 2. The lowest BCUT2D eigenvalue weighted by Gasteiger charge is -2.37. The van der Waals surface area contributed by atoms with Crippen LogP contribution in [0, 0.1) is 0 Å². The Balaban J connectivity index is 1.30. The second-order valence-corrected chi connectivity index (χ2v) is 12.3. The van der Waals surface area contributed by atoms with Crippen LogP contribution in [0.1, 0.15) is 42.0 Å². The number of carbonyl (C=O) groups excluding carboxylic acids is 4. The summed E-state index contributed by atoms with van der Waals surface area (Å²) in [6.45, 7) is 1.46. The summed E-state index contributed by atoms with van der Waals surface area (Å²) in [4.78, 5) is 65.1. The molecule has 5 rings (SSSR count). The Morgan fingerprint density at radius 3 is 1.83 bits per heavy atom. The minimum absolute atomic E-state index is 0.0145. The Bertz CT molecular complexity index is 1990. The van der Waals surface area contributed by atoms with Crippen LogP contribution >= 0.6 is 0 Å². The largest absolute Gasteiger partial charge is 0.463 e. The van der Waals surface area contributed by atoms with Crippen molar-refractivity contribution in [2.45, 2.75) is 44.5 Å². The summed E-state index contributed by atoms with van der Waals surface area (Å²) in [6.07, 6.45) is 3.34. The molecule has 1 heterocycles. The molecule has 0 bridgehead atoms. The van der Waals surface area contributed by atoms with Gasteiger partial charge in [0.1, 0.15) is 24.4 Å². The molecule has 11 heteroatoms. The number of rotatable bonds is 16. The predicted octanol–water partition coefficient (Wildman–Crippen LogP) is 6.09. The highest BCUT2D eigenvalue weighted by molar-refractivity contribution is 5.85. The third-order valence-corrected chi connectivity index (χ3v) is 8.51. The van der Waals surface area contributed by atoms with Gasteiger partial charge in [-0.05, 0) is 47.7 Å². The van der Waals surface area contributed by atoms with E-state index in [2.05, 4.69) is 16.0 Å².